The van der Waals surface area contributed by atoms with Crippen molar-refractivity contribution >= 4 is 35.0 Å². The summed E-state index contributed by atoms with van der Waals surface area (Å²) < 4.78 is -0.188. The van der Waals surface area contributed by atoms with Crippen LogP contribution < -0.4 is 0 Å². The van der Waals surface area contributed by atoms with Crippen molar-refractivity contribution in [2.45, 2.75) is 10.1 Å². The van der Waals surface area contributed by atoms with Crippen LogP contribution in [0.4, 0.5) is 0 Å². The average molecular weight is 232 g/mol. The molecule has 0 nitrogen and oxygen atoms in total. The van der Waals surface area contributed by atoms with Crippen LogP contribution in [0.5, 0.6) is 0 Å². The minimum absolute atomic E-state index is 0.121. The van der Waals surface area contributed by atoms with Crippen LogP contribution >= 0.6 is 35.0 Å². The fourth-order valence-electron chi connectivity index (χ4n) is 1.36. The van der Waals surface area contributed by atoms with Crippen LogP contribution in [0.3, 0.4) is 0 Å². The number of rotatable bonds is 1. The zero-order valence-corrected chi connectivity index (χ0v) is 9.29. The van der Waals surface area contributed by atoms with E-state index < -0.39 is 0 Å². The molecule has 3 heteroatoms. The predicted molar refractivity (Wildman–Crippen MR) is 60.6 cm³/mol. The molecule has 2 rings (SSSR count). The number of hydrogen-bond donors (Lipinski definition) is 0. The van der Waals surface area contributed by atoms with Gasteiger partial charge in [0.1, 0.15) is 0 Å². The van der Waals surface area contributed by atoms with Crippen molar-refractivity contribution < 1.29 is 0 Å². The molecule has 2 atom stereocenters. The third-order valence-corrected chi connectivity index (χ3v) is 4.92. The highest BCUT2D eigenvalue weighted by molar-refractivity contribution is 8.02. The molecule has 1 aliphatic heterocycles. The Hall–Kier alpha value is 0.150. The van der Waals surface area contributed by atoms with E-state index in [4.69, 9.17) is 23.2 Å². The quantitative estimate of drug-likeness (QED) is 0.665. The van der Waals surface area contributed by atoms with E-state index in [-0.39, 0.29) is 10.1 Å². The Morgan fingerprint density at radius 2 is 2.31 bits per heavy atom. The lowest BCUT2D eigenvalue weighted by Crippen LogP contribution is -2.41. The van der Waals surface area contributed by atoms with Gasteiger partial charge in [-0.25, -0.2) is 0 Å². The van der Waals surface area contributed by atoms with E-state index in [0.29, 0.717) is 0 Å². The molecule has 1 aliphatic rings. The summed E-state index contributed by atoms with van der Waals surface area (Å²) >= 11 is 13.8. The highest BCUT2D eigenvalue weighted by Crippen LogP contribution is 2.51. The number of alkyl halides is 1. The smallest absolute Gasteiger partial charge is 0.0614 e. The largest absolute Gasteiger partial charge is 0.147 e. The Morgan fingerprint density at radius 1 is 1.54 bits per heavy atom. The number of thioether (sulfide) groups is 1. The average Bonchev–Trinajstić information content (AvgIpc) is 2.14. The predicted octanol–water partition coefficient (Wildman–Crippen LogP) is 3.72. The van der Waals surface area contributed by atoms with Crippen molar-refractivity contribution in [2.24, 2.45) is 0 Å². The molecule has 1 aromatic rings. The molecular formula is C10H9Cl2S. The molecule has 0 aromatic heterocycles. The lowest BCUT2D eigenvalue weighted by Gasteiger charge is -2.43. The minimum Gasteiger partial charge on any atom is -0.147 e. The van der Waals surface area contributed by atoms with Crippen LogP contribution in [0, 0.1) is 6.92 Å². The van der Waals surface area contributed by atoms with Gasteiger partial charge < -0.3 is 0 Å². The molecule has 0 saturated carbocycles. The molecule has 1 saturated heterocycles. The Labute approximate surface area is 92.6 Å². The summed E-state index contributed by atoms with van der Waals surface area (Å²) in [6, 6.07) is 7.77. The molecule has 1 radical (unpaired) electrons. The van der Waals surface area contributed by atoms with Gasteiger partial charge in [0, 0.05) is 10.8 Å². The van der Waals surface area contributed by atoms with Crippen molar-refractivity contribution in [1.29, 1.82) is 0 Å². The number of hydrogen-bond acceptors (Lipinski definition) is 1. The summed E-state index contributed by atoms with van der Waals surface area (Å²) in [6.45, 7) is 4.14. The standard InChI is InChI=1S/C10H9Cl2S/c1-10(9(12)6-13-10)7-3-2-4-8(11)5-7/h2-5,9H,1,6H2. The summed E-state index contributed by atoms with van der Waals surface area (Å²) in [5.41, 5.74) is 1.12. The maximum absolute atomic E-state index is 6.12. The summed E-state index contributed by atoms with van der Waals surface area (Å²) in [6.07, 6.45) is 0. The van der Waals surface area contributed by atoms with Gasteiger partial charge in [-0.3, -0.25) is 0 Å². The maximum atomic E-state index is 6.12. The Morgan fingerprint density at radius 3 is 2.77 bits per heavy atom. The lowest BCUT2D eigenvalue weighted by molar-refractivity contribution is 0.700. The molecule has 2 unspecified atom stereocenters. The van der Waals surface area contributed by atoms with Crippen LogP contribution in [0.2, 0.25) is 5.02 Å². The van der Waals surface area contributed by atoms with Crippen LogP contribution in [0.1, 0.15) is 5.56 Å². The van der Waals surface area contributed by atoms with Gasteiger partial charge in [0.05, 0.1) is 10.1 Å². The van der Waals surface area contributed by atoms with Crippen LogP contribution in [0.25, 0.3) is 0 Å². The molecule has 69 valence electrons. The fourth-order valence-corrected chi connectivity index (χ4v) is 3.05. The summed E-state index contributed by atoms with van der Waals surface area (Å²) in [5, 5.41) is 0.868. The molecular weight excluding hydrogens is 223 g/mol. The van der Waals surface area contributed by atoms with Crippen LogP contribution in [-0.2, 0) is 4.75 Å². The van der Waals surface area contributed by atoms with Crippen molar-refractivity contribution in [3.8, 4) is 0 Å². The van der Waals surface area contributed by atoms with Gasteiger partial charge in [-0.05, 0) is 24.6 Å². The molecule has 0 spiro atoms. The molecule has 0 aliphatic carbocycles. The van der Waals surface area contributed by atoms with Gasteiger partial charge in [-0.15, -0.1) is 23.4 Å². The van der Waals surface area contributed by atoms with E-state index in [1.807, 2.05) is 24.3 Å². The van der Waals surface area contributed by atoms with Crippen LogP contribution in [0.15, 0.2) is 24.3 Å². The molecule has 0 bridgehead atoms. The first-order chi connectivity index (χ1) is 6.13. The van der Waals surface area contributed by atoms with Crippen molar-refractivity contribution in [2.75, 3.05) is 5.75 Å². The first kappa shape index (κ1) is 9.70. The Bertz CT molecular complexity index is 326. The normalized spacial score (nSPS) is 32.7. The third-order valence-electron chi connectivity index (χ3n) is 2.31. The van der Waals surface area contributed by atoms with Gasteiger partial charge >= 0.3 is 0 Å². The van der Waals surface area contributed by atoms with Gasteiger partial charge in [0.2, 0.25) is 0 Å². The maximum Gasteiger partial charge on any atom is 0.0614 e. The molecule has 0 amide bonds. The molecule has 0 N–H and O–H groups in total. The van der Waals surface area contributed by atoms with Crippen LogP contribution in [-0.4, -0.2) is 11.1 Å². The van der Waals surface area contributed by atoms with E-state index in [0.717, 1.165) is 16.3 Å². The fraction of sp³-hybridized carbons (Fsp3) is 0.300. The molecule has 1 aromatic carbocycles. The van der Waals surface area contributed by atoms with Gasteiger partial charge in [-0.1, -0.05) is 23.7 Å². The SMILES string of the molecule is [CH2]C1(c2cccc(Cl)c2)SCC1Cl. The van der Waals surface area contributed by atoms with Crippen molar-refractivity contribution in [1.82, 2.24) is 0 Å². The second-order valence-corrected chi connectivity index (χ2v) is 5.49. The molecule has 1 heterocycles. The molecule has 13 heavy (non-hydrogen) atoms. The summed E-state index contributed by atoms with van der Waals surface area (Å²) in [7, 11) is 0. The second kappa shape index (κ2) is 3.38. The zero-order chi connectivity index (χ0) is 9.47. The van der Waals surface area contributed by atoms with E-state index in [1.165, 1.54) is 0 Å². The number of benzene rings is 1. The van der Waals surface area contributed by atoms with Gasteiger partial charge in [0.25, 0.3) is 0 Å². The first-order valence-electron chi connectivity index (χ1n) is 4.02. The van der Waals surface area contributed by atoms with Crippen molar-refractivity contribution in [3.05, 3.63) is 41.8 Å². The van der Waals surface area contributed by atoms with E-state index in [1.54, 1.807) is 11.8 Å². The monoisotopic (exact) mass is 231 g/mol. The highest BCUT2D eigenvalue weighted by atomic mass is 35.5. The Kier molecular flexibility index (Phi) is 2.52. The topological polar surface area (TPSA) is 0 Å². The van der Waals surface area contributed by atoms with E-state index in [9.17, 15) is 0 Å². The number of halogens is 2. The van der Waals surface area contributed by atoms with E-state index >= 15 is 0 Å². The highest BCUT2D eigenvalue weighted by Gasteiger charge is 2.44. The zero-order valence-electron chi connectivity index (χ0n) is 6.97. The minimum atomic E-state index is -0.188. The summed E-state index contributed by atoms with van der Waals surface area (Å²) in [5.74, 6) is 0.970. The second-order valence-electron chi connectivity index (χ2n) is 3.18. The third kappa shape index (κ3) is 1.58. The summed E-state index contributed by atoms with van der Waals surface area (Å²) in [4.78, 5) is 0. The first-order valence-corrected chi connectivity index (χ1v) is 5.82. The van der Waals surface area contributed by atoms with Gasteiger partial charge in [-0.2, -0.15) is 0 Å². The van der Waals surface area contributed by atoms with E-state index in [2.05, 4.69) is 6.92 Å². The van der Waals surface area contributed by atoms with Gasteiger partial charge in [0.15, 0.2) is 0 Å². The lowest BCUT2D eigenvalue weighted by atomic mass is 9.96. The Balaban J connectivity index is 2.35. The molecule has 1 fully saturated rings. The van der Waals surface area contributed by atoms with Crippen molar-refractivity contribution in [3.63, 3.8) is 0 Å².